The van der Waals surface area contributed by atoms with E-state index in [9.17, 15) is 23.7 Å². The van der Waals surface area contributed by atoms with Gasteiger partial charge in [-0.2, -0.15) is 29.0 Å². The molecule has 0 amide bonds. The van der Waals surface area contributed by atoms with Crippen LogP contribution < -0.4 is 10.6 Å². The molecule has 5 nitrogen and oxygen atoms in total. The van der Waals surface area contributed by atoms with Crippen molar-refractivity contribution in [2.45, 2.75) is 79.1 Å². The largest absolute Gasteiger partial charge is 0.387 e. The molecule has 188 valence electrons. The number of nitriles is 3. The zero-order valence-corrected chi connectivity index (χ0v) is 21.0. The van der Waals surface area contributed by atoms with Gasteiger partial charge in [0.25, 0.3) is 6.08 Å². The van der Waals surface area contributed by atoms with Gasteiger partial charge in [-0.25, -0.2) is 0 Å². The van der Waals surface area contributed by atoms with Crippen molar-refractivity contribution in [2.24, 2.45) is 10.8 Å². The number of halogens is 3. The van der Waals surface area contributed by atoms with E-state index in [-0.39, 0.29) is 39.5 Å². The fourth-order valence-electron chi connectivity index (χ4n) is 4.83. The first-order valence-corrected chi connectivity index (χ1v) is 12.0. The first-order chi connectivity index (χ1) is 16.4. The Morgan fingerprint density at radius 3 is 1.54 bits per heavy atom. The molecule has 0 spiro atoms. The molecule has 2 N–H and O–H groups in total. The Morgan fingerprint density at radius 1 is 0.714 bits per heavy atom. The number of allylic oxidation sites excluding steroid dienone is 7. The minimum Gasteiger partial charge on any atom is -0.387 e. The molecule has 0 aromatic rings. The molecule has 0 heterocycles. The van der Waals surface area contributed by atoms with Gasteiger partial charge < -0.3 is 10.6 Å². The predicted molar refractivity (Wildman–Crippen MR) is 129 cm³/mol. The first-order valence-electron chi connectivity index (χ1n) is 12.0. The van der Waals surface area contributed by atoms with Crippen LogP contribution in [0.2, 0.25) is 0 Å². The van der Waals surface area contributed by atoms with Crippen LogP contribution >= 0.6 is 0 Å². The van der Waals surface area contributed by atoms with Gasteiger partial charge in [0, 0.05) is 35.6 Å². The van der Waals surface area contributed by atoms with E-state index in [0.29, 0.717) is 43.7 Å². The third kappa shape index (κ3) is 7.66. The Balaban J connectivity index is 1.85. The number of nitrogens with zero attached hydrogens (tertiary/aromatic N) is 3. The lowest BCUT2D eigenvalue weighted by atomic mass is 9.74. The summed E-state index contributed by atoms with van der Waals surface area (Å²) in [4.78, 5) is 0. The van der Waals surface area contributed by atoms with Gasteiger partial charge in [0.05, 0.1) is 11.1 Å². The third-order valence-corrected chi connectivity index (χ3v) is 6.42. The van der Waals surface area contributed by atoms with Crippen LogP contribution in [0, 0.1) is 44.8 Å². The maximum absolute atomic E-state index is 14.1. The molecule has 0 saturated carbocycles. The highest BCUT2D eigenvalue weighted by Gasteiger charge is 2.34. The van der Waals surface area contributed by atoms with Gasteiger partial charge in [-0.05, 0) is 49.4 Å². The van der Waals surface area contributed by atoms with Crippen molar-refractivity contribution in [1.82, 2.24) is 10.6 Å². The number of rotatable bonds is 9. The van der Waals surface area contributed by atoms with Gasteiger partial charge in [-0.1, -0.05) is 40.5 Å². The summed E-state index contributed by atoms with van der Waals surface area (Å²) in [7, 11) is 0. The fraction of sp³-hybridized carbons (Fsp3) is 0.593. The quantitative estimate of drug-likeness (QED) is 0.276. The monoisotopic (exact) mass is 485 g/mol. The molecule has 2 aliphatic carbocycles. The van der Waals surface area contributed by atoms with Crippen molar-refractivity contribution in [3.8, 4) is 18.2 Å². The topological polar surface area (TPSA) is 95.4 Å². The van der Waals surface area contributed by atoms with E-state index in [1.807, 2.05) is 33.8 Å². The zero-order chi connectivity index (χ0) is 26.2. The molecule has 8 heteroatoms. The van der Waals surface area contributed by atoms with Crippen LogP contribution in [0.5, 0.6) is 0 Å². The highest BCUT2D eigenvalue weighted by atomic mass is 19.3. The molecule has 2 rings (SSSR count). The molecule has 2 aliphatic rings. The Hall–Kier alpha value is -3.18. The summed E-state index contributed by atoms with van der Waals surface area (Å²) in [6.07, 6.45) is 3.45. The summed E-state index contributed by atoms with van der Waals surface area (Å²) in [6.45, 7) is 9.06. The minimum absolute atomic E-state index is 0.0757. The summed E-state index contributed by atoms with van der Waals surface area (Å²) in [5.41, 5.74) is 1.05. The average molecular weight is 486 g/mol. The average Bonchev–Trinajstić information content (AvgIpc) is 2.78. The number of unbranched alkanes of at least 4 members (excludes halogenated alkanes) is 3. The second-order valence-corrected chi connectivity index (χ2v) is 10.9. The van der Waals surface area contributed by atoms with Crippen molar-refractivity contribution in [1.29, 1.82) is 15.8 Å². The molecule has 0 radical (unpaired) electrons. The molecule has 0 unspecified atom stereocenters. The highest BCUT2D eigenvalue weighted by Crippen LogP contribution is 2.43. The second kappa shape index (κ2) is 12.0. The Kier molecular flexibility index (Phi) is 9.61. The molecule has 0 aliphatic heterocycles. The summed E-state index contributed by atoms with van der Waals surface area (Å²) < 4.78 is 40.7. The Morgan fingerprint density at radius 2 is 1.14 bits per heavy atom. The van der Waals surface area contributed by atoms with E-state index < -0.39 is 11.9 Å². The molecule has 0 saturated heterocycles. The van der Waals surface area contributed by atoms with Gasteiger partial charge in [-0.3, -0.25) is 0 Å². The number of hydrogen-bond donors (Lipinski definition) is 2. The summed E-state index contributed by atoms with van der Waals surface area (Å²) >= 11 is 0. The SMILES string of the molecule is CC1(C)CC(NCCCCCCNC2=C(C#N)/C(=C(/F)C#N)CC(C)(C)C2)=C(C#N)C(=C(F)F)C1. The van der Waals surface area contributed by atoms with E-state index in [0.717, 1.165) is 25.7 Å². The molecule has 0 fully saturated rings. The van der Waals surface area contributed by atoms with Crippen LogP contribution in [0.4, 0.5) is 13.2 Å². The maximum Gasteiger partial charge on any atom is 0.274 e. The van der Waals surface area contributed by atoms with Crippen molar-refractivity contribution in [3.63, 3.8) is 0 Å². The maximum atomic E-state index is 14.1. The summed E-state index contributed by atoms with van der Waals surface area (Å²) in [5.74, 6) is -0.894. The van der Waals surface area contributed by atoms with Crippen LogP contribution in [0.1, 0.15) is 79.1 Å². The highest BCUT2D eigenvalue weighted by molar-refractivity contribution is 5.52. The molecular formula is C27H34F3N5. The lowest BCUT2D eigenvalue weighted by Gasteiger charge is -2.33. The summed E-state index contributed by atoms with van der Waals surface area (Å²) in [6, 6.07) is 5.54. The summed E-state index contributed by atoms with van der Waals surface area (Å²) in [5, 5.41) is 34.4. The lowest BCUT2D eigenvalue weighted by molar-refractivity contribution is 0.319. The predicted octanol–water partition coefficient (Wildman–Crippen LogP) is 6.82. The van der Waals surface area contributed by atoms with Gasteiger partial charge >= 0.3 is 0 Å². The van der Waals surface area contributed by atoms with Crippen molar-refractivity contribution in [3.05, 3.63) is 45.6 Å². The van der Waals surface area contributed by atoms with E-state index in [4.69, 9.17) is 5.26 Å². The Labute approximate surface area is 206 Å². The molecule has 0 bridgehead atoms. The van der Waals surface area contributed by atoms with E-state index in [2.05, 4.69) is 16.7 Å². The first kappa shape index (κ1) is 28.1. The number of hydrogen-bond acceptors (Lipinski definition) is 5. The normalized spacial score (nSPS) is 20.5. The smallest absolute Gasteiger partial charge is 0.274 e. The van der Waals surface area contributed by atoms with Crippen molar-refractivity contribution < 1.29 is 13.2 Å². The third-order valence-electron chi connectivity index (χ3n) is 6.42. The molecule has 0 aromatic heterocycles. The second-order valence-electron chi connectivity index (χ2n) is 10.9. The van der Waals surface area contributed by atoms with Gasteiger partial charge in [0.2, 0.25) is 5.83 Å². The molecule has 35 heavy (non-hydrogen) atoms. The lowest BCUT2D eigenvalue weighted by Crippen LogP contribution is -2.28. The molecule has 0 atom stereocenters. The van der Waals surface area contributed by atoms with E-state index in [1.165, 1.54) is 6.07 Å². The van der Waals surface area contributed by atoms with Gasteiger partial charge in [0.15, 0.2) is 0 Å². The van der Waals surface area contributed by atoms with E-state index in [1.54, 1.807) is 0 Å². The standard InChI is InChI=1S/C27H34F3N5/c1-26(2)11-18(22(28)17-33)20(15-31)23(13-26)34-9-7-5-6-8-10-35-24-14-27(3,4)12-19(25(29)30)21(24)16-32/h34-35H,5-14H2,1-4H3/b22-18+. The fourth-order valence-corrected chi connectivity index (χ4v) is 4.83. The minimum atomic E-state index is -1.78. The van der Waals surface area contributed by atoms with Crippen LogP contribution in [0.25, 0.3) is 0 Å². The Bertz CT molecular complexity index is 1070. The van der Waals surface area contributed by atoms with Crippen LogP contribution in [-0.2, 0) is 0 Å². The van der Waals surface area contributed by atoms with Crippen LogP contribution in [0.3, 0.4) is 0 Å². The van der Waals surface area contributed by atoms with E-state index >= 15 is 0 Å². The van der Waals surface area contributed by atoms with Crippen LogP contribution in [-0.4, -0.2) is 13.1 Å². The zero-order valence-electron chi connectivity index (χ0n) is 21.0. The van der Waals surface area contributed by atoms with Gasteiger partial charge in [-0.15, -0.1) is 0 Å². The van der Waals surface area contributed by atoms with Crippen molar-refractivity contribution >= 4 is 0 Å². The van der Waals surface area contributed by atoms with Crippen LogP contribution in [0.15, 0.2) is 45.6 Å². The van der Waals surface area contributed by atoms with Gasteiger partial charge in [0.1, 0.15) is 18.2 Å². The van der Waals surface area contributed by atoms with Crippen molar-refractivity contribution in [2.75, 3.05) is 13.1 Å². The molecule has 0 aromatic carbocycles. The number of nitrogens with one attached hydrogen (secondary N) is 2. The molecular weight excluding hydrogens is 451 g/mol.